The maximum absolute atomic E-state index is 13.1. The van der Waals surface area contributed by atoms with Crippen LogP contribution in [0.3, 0.4) is 0 Å². The van der Waals surface area contributed by atoms with Crippen molar-refractivity contribution in [3.05, 3.63) is 41.8 Å². The first-order valence-electron chi connectivity index (χ1n) is 8.40. The number of hydrogen-bond acceptors (Lipinski definition) is 3. The third-order valence-electron chi connectivity index (χ3n) is 4.64. The topological polar surface area (TPSA) is 70.4 Å². The monoisotopic (exact) mass is 346 g/mol. The van der Waals surface area contributed by atoms with Crippen molar-refractivity contribution in [1.29, 1.82) is 0 Å². The second-order valence-electron chi connectivity index (χ2n) is 6.98. The Kier molecular flexibility index (Phi) is 4.76. The van der Waals surface area contributed by atoms with Crippen molar-refractivity contribution in [3.63, 3.8) is 0 Å². The number of amides is 2. The maximum Gasteiger partial charge on any atom is 0.323 e. The van der Waals surface area contributed by atoms with Gasteiger partial charge in [-0.25, -0.2) is 13.9 Å². The molecule has 1 aromatic heterocycles. The molecule has 0 spiro atoms. The van der Waals surface area contributed by atoms with Gasteiger partial charge in [0, 0.05) is 30.3 Å². The summed E-state index contributed by atoms with van der Waals surface area (Å²) in [5.74, 6) is 0.141. The summed E-state index contributed by atoms with van der Waals surface area (Å²) in [7, 11) is 0. The second-order valence-corrected chi connectivity index (χ2v) is 6.98. The molecule has 2 N–H and O–H groups in total. The van der Waals surface area contributed by atoms with Crippen LogP contribution < -0.4 is 5.32 Å². The number of aryl methyl sites for hydroxylation is 1. The highest BCUT2D eigenvalue weighted by Gasteiger charge is 2.32. The van der Waals surface area contributed by atoms with Gasteiger partial charge in [-0.2, -0.15) is 0 Å². The first-order valence-corrected chi connectivity index (χ1v) is 8.40. The fourth-order valence-corrected chi connectivity index (χ4v) is 3.19. The molecule has 0 bridgehead atoms. The van der Waals surface area contributed by atoms with E-state index in [1.165, 1.54) is 12.1 Å². The fourth-order valence-electron chi connectivity index (χ4n) is 3.19. The zero-order valence-corrected chi connectivity index (χ0v) is 14.5. The van der Waals surface area contributed by atoms with Gasteiger partial charge >= 0.3 is 6.03 Å². The quantitative estimate of drug-likeness (QED) is 0.898. The zero-order chi connectivity index (χ0) is 18.0. The molecule has 1 aliphatic rings. The van der Waals surface area contributed by atoms with E-state index in [2.05, 4.69) is 10.4 Å². The summed E-state index contributed by atoms with van der Waals surface area (Å²) in [6.07, 6.45) is 1.78. The van der Waals surface area contributed by atoms with Crippen molar-refractivity contribution in [2.75, 3.05) is 25.0 Å². The van der Waals surface area contributed by atoms with Gasteiger partial charge in [-0.1, -0.05) is 6.92 Å². The molecule has 1 unspecified atom stereocenters. The summed E-state index contributed by atoms with van der Waals surface area (Å²) in [4.78, 5) is 14.2. The Balaban J connectivity index is 1.72. The normalized spacial score (nSPS) is 20.6. The Labute approximate surface area is 146 Å². The smallest absolute Gasteiger partial charge is 0.323 e. The van der Waals surface area contributed by atoms with Crippen LogP contribution in [0.25, 0.3) is 5.69 Å². The summed E-state index contributed by atoms with van der Waals surface area (Å²) in [6, 6.07) is 7.58. The summed E-state index contributed by atoms with van der Waals surface area (Å²) < 4.78 is 14.7. The molecule has 0 saturated carbocycles. The number of urea groups is 1. The van der Waals surface area contributed by atoms with Crippen LogP contribution in [0.15, 0.2) is 30.3 Å². The van der Waals surface area contributed by atoms with Crippen molar-refractivity contribution >= 4 is 11.8 Å². The van der Waals surface area contributed by atoms with E-state index in [1.807, 2.05) is 13.8 Å². The molecule has 134 valence electrons. The minimum absolute atomic E-state index is 0.0646. The van der Waals surface area contributed by atoms with Gasteiger partial charge in [-0.3, -0.25) is 5.32 Å². The fraction of sp³-hybridized carbons (Fsp3) is 0.444. The van der Waals surface area contributed by atoms with Gasteiger partial charge in [0.15, 0.2) is 5.82 Å². The molecular formula is C18H23FN4O2. The van der Waals surface area contributed by atoms with Crippen LogP contribution in [-0.4, -0.2) is 45.5 Å². The Morgan fingerprint density at radius 3 is 2.80 bits per heavy atom. The van der Waals surface area contributed by atoms with Crippen molar-refractivity contribution in [3.8, 4) is 5.69 Å². The molecule has 7 heteroatoms. The second kappa shape index (κ2) is 6.84. The lowest BCUT2D eigenvalue weighted by atomic mass is 9.83. The molecule has 2 amide bonds. The number of likely N-dealkylation sites (tertiary alicyclic amines) is 1. The van der Waals surface area contributed by atoms with Crippen molar-refractivity contribution in [2.45, 2.75) is 26.7 Å². The van der Waals surface area contributed by atoms with E-state index in [-0.39, 0.29) is 23.9 Å². The summed E-state index contributed by atoms with van der Waals surface area (Å²) in [5.41, 5.74) is 1.31. The van der Waals surface area contributed by atoms with E-state index in [4.69, 9.17) is 0 Å². The summed E-state index contributed by atoms with van der Waals surface area (Å²) >= 11 is 0. The Hall–Kier alpha value is -2.41. The van der Waals surface area contributed by atoms with Crippen LogP contribution in [0.4, 0.5) is 15.0 Å². The molecule has 25 heavy (non-hydrogen) atoms. The molecule has 1 aromatic carbocycles. The van der Waals surface area contributed by atoms with Gasteiger partial charge in [-0.15, -0.1) is 5.10 Å². The van der Waals surface area contributed by atoms with Crippen molar-refractivity contribution < 1.29 is 14.3 Å². The van der Waals surface area contributed by atoms with Crippen molar-refractivity contribution in [1.82, 2.24) is 14.7 Å². The first-order chi connectivity index (χ1) is 11.9. The predicted octanol–water partition coefficient (Wildman–Crippen LogP) is 2.95. The highest BCUT2D eigenvalue weighted by atomic mass is 19.1. The number of anilines is 1. The number of aliphatic hydroxyl groups excluding tert-OH is 1. The van der Waals surface area contributed by atoms with Crippen molar-refractivity contribution in [2.24, 2.45) is 5.41 Å². The minimum Gasteiger partial charge on any atom is -0.396 e. The number of rotatable bonds is 3. The Morgan fingerprint density at radius 1 is 1.40 bits per heavy atom. The molecule has 1 saturated heterocycles. The average molecular weight is 346 g/mol. The number of halogens is 1. The molecule has 2 heterocycles. The number of piperidine rings is 1. The predicted molar refractivity (Wildman–Crippen MR) is 93.3 cm³/mol. The molecule has 1 aliphatic heterocycles. The number of carbonyl (C=O) groups is 1. The van der Waals surface area contributed by atoms with Crippen LogP contribution >= 0.6 is 0 Å². The molecule has 0 aliphatic carbocycles. The average Bonchev–Trinajstić information content (AvgIpc) is 2.96. The van der Waals surface area contributed by atoms with Crippen LogP contribution in [-0.2, 0) is 0 Å². The lowest BCUT2D eigenvalue weighted by Crippen LogP contribution is -2.48. The first kappa shape index (κ1) is 17.4. The number of nitrogens with one attached hydrogen (secondary N) is 1. The Bertz CT molecular complexity index is 759. The van der Waals surface area contributed by atoms with Crippen LogP contribution in [0, 0.1) is 18.2 Å². The summed E-state index contributed by atoms with van der Waals surface area (Å²) in [6.45, 7) is 5.11. The summed E-state index contributed by atoms with van der Waals surface area (Å²) in [5, 5.41) is 16.7. The number of hydrogen-bond donors (Lipinski definition) is 2. The largest absolute Gasteiger partial charge is 0.396 e. The van der Waals surface area contributed by atoms with E-state index >= 15 is 0 Å². The van der Waals surface area contributed by atoms with Gasteiger partial charge < -0.3 is 10.0 Å². The van der Waals surface area contributed by atoms with Gasteiger partial charge in [0.2, 0.25) is 0 Å². The number of aliphatic hydroxyl groups is 1. The van der Waals surface area contributed by atoms with E-state index in [0.29, 0.717) is 18.9 Å². The Morgan fingerprint density at radius 2 is 2.12 bits per heavy atom. The number of carbonyl (C=O) groups excluding carboxylic acids is 1. The molecule has 6 nitrogen and oxygen atoms in total. The lowest BCUT2D eigenvalue weighted by molar-refractivity contribution is 0.0648. The number of benzene rings is 1. The molecular weight excluding hydrogens is 323 g/mol. The van der Waals surface area contributed by atoms with Gasteiger partial charge in [-0.05, 0) is 44.0 Å². The molecule has 3 rings (SSSR count). The van der Waals surface area contributed by atoms with Crippen LogP contribution in [0.5, 0.6) is 0 Å². The zero-order valence-electron chi connectivity index (χ0n) is 14.5. The third kappa shape index (κ3) is 3.82. The molecule has 0 radical (unpaired) electrons. The molecule has 1 atom stereocenters. The lowest BCUT2D eigenvalue weighted by Gasteiger charge is -2.39. The van der Waals surface area contributed by atoms with Gasteiger partial charge in [0.1, 0.15) is 5.82 Å². The maximum atomic E-state index is 13.1. The highest BCUT2D eigenvalue weighted by molar-refractivity contribution is 5.88. The third-order valence-corrected chi connectivity index (χ3v) is 4.64. The highest BCUT2D eigenvalue weighted by Crippen LogP contribution is 2.29. The van der Waals surface area contributed by atoms with E-state index in [0.717, 1.165) is 24.2 Å². The van der Waals surface area contributed by atoms with Crippen LogP contribution in [0.1, 0.15) is 25.5 Å². The SMILES string of the molecule is Cc1cc(NC(=O)N2CCCC(C)(CO)C2)nn1-c1ccc(F)cc1. The van der Waals surface area contributed by atoms with E-state index < -0.39 is 0 Å². The van der Waals surface area contributed by atoms with E-state index in [1.54, 1.807) is 27.8 Å². The van der Waals surface area contributed by atoms with E-state index in [9.17, 15) is 14.3 Å². The minimum atomic E-state index is -0.306. The van der Waals surface area contributed by atoms with Gasteiger partial charge in [0.25, 0.3) is 0 Å². The number of nitrogens with zero attached hydrogens (tertiary/aromatic N) is 3. The molecule has 1 fully saturated rings. The molecule has 2 aromatic rings. The standard InChI is InChI=1S/C18H23FN4O2/c1-13-10-16(21-23(13)15-6-4-14(19)5-7-15)20-17(25)22-9-3-8-18(2,11-22)12-24/h4-7,10,24H,3,8-9,11-12H2,1-2H3,(H,20,21,25). The van der Waals surface area contributed by atoms with Crippen LogP contribution in [0.2, 0.25) is 0 Å². The van der Waals surface area contributed by atoms with Gasteiger partial charge in [0.05, 0.1) is 12.3 Å². The number of aromatic nitrogens is 2.